The Hall–Kier alpha value is -1.26. The summed E-state index contributed by atoms with van der Waals surface area (Å²) in [6.45, 7) is 5.24. The largest absolute Gasteiger partial charge is 0.409 e. The number of hydrogen-bond donors (Lipinski definition) is 2. The SMILES string of the molecule is CCN(CCC(N)=NO)C(=O)C1CC1C. The van der Waals surface area contributed by atoms with Gasteiger partial charge in [-0.15, -0.1) is 0 Å². The van der Waals surface area contributed by atoms with Crippen LogP contribution in [-0.4, -0.2) is 34.9 Å². The molecule has 1 aliphatic rings. The Labute approximate surface area is 89.9 Å². The predicted molar refractivity (Wildman–Crippen MR) is 57.6 cm³/mol. The molecule has 2 unspecified atom stereocenters. The standard InChI is InChI=1S/C10H19N3O2/c1-3-13(5-4-9(11)12-15)10(14)8-6-7(8)2/h7-8,15H,3-6H2,1-2H3,(H2,11,12). The fourth-order valence-electron chi connectivity index (χ4n) is 1.62. The molecular weight excluding hydrogens is 194 g/mol. The van der Waals surface area contributed by atoms with Crippen molar-refractivity contribution in [2.75, 3.05) is 13.1 Å². The highest BCUT2D eigenvalue weighted by atomic mass is 16.4. The van der Waals surface area contributed by atoms with Crippen molar-refractivity contribution in [1.82, 2.24) is 4.90 Å². The highest BCUT2D eigenvalue weighted by Crippen LogP contribution is 2.39. The predicted octanol–water partition coefficient (Wildman–Crippen LogP) is 0.627. The molecule has 1 amide bonds. The number of rotatable bonds is 5. The summed E-state index contributed by atoms with van der Waals surface area (Å²) in [5.41, 5.74) is 5.36. The van der Waals surface area contributed by atoms with Gasteiger partial charge in [0.1, 0.15) is 5.84 Å². The fourth-order valence-corrected chi connectivity index (χ4v) is 1.62. The average molecular weight is 213 g/mol. The molecule has 0 bridgehead atoms. The molecule has 5 nitrogen and oxygen atoms in total. The molecule has 1 fully saturated rings. The molecule has 15 heavy (non-hydrogen) atoms. The Balaban J connectivity index is 2.38. The fraction of sp³-hybridized carbons (Fsp3) is 0.800. The molecule has 0 heterocycles. The van der Waals surface area contributed by atoms with Crippen molar-refractivity contribution in [3.05, 3.63) is 0 Å². The van der Waals surface area contributed by atoms with E-state index >= 15 is 0 Å². The van der Waals surface area contributed by atoms with E-state index in [1.54, 1.807) is 4.90 Å². The maximum absolute atomic E-state index is 11.8. The molecular formula is C10H19N3O2. The first-order chi connectivity index (χ1) is 7.10. The maximum atomic E-state index is 11.8. The molecule has 0 aromatic heterocycles. The highest BCUT2D eigenvalue weighted by Gasteiger charge is 2.40. The summed E-state index contributed by atoms with van der Waals surface area (Å²) in [7, 11) is 0. The Morgan fingerprint density at radius 3 is 2.67 bits per heavy atom. The first kappa shape index (κ1) is 11.8. The summed E-state index contributed by atoms with van der Waals surface area (Å²) in [6.07, 6.45) is 1.43. The van der Waals surface area contributed by atoms with E-state index in [-0.39, 0.29) is 17.7 Å². The maximum Gasteiger partial charge on any atom is 0.225 e. The van der Waals surface area contributed by atoms with Crippen LogP contribution in [0.3, 0.4) is 0 Å². The number of carbonyl (C=O) groups excluding carboxylic acids is 1. The van der Waals surface area contributed by atoms with Gasteiger partial charge in [-0.1, -0.05) is 12.1 Å². The Morgan fingerprint density at radius 1 is 1.67 bits per heavy atom. The average Bonchev–Trinajstić information content (AvgIpc) is 2.95. The van der Waals surface area contributed by atoms with Gasteiger partial charge in [-0.05, 0) is 19.3 Å². The molecule has 2 atom stereocenters. The van der Waals surface area contributed by atoms with Gasteiger partial charge in [0.25, 0.3) is 0 Å². The zero-order valence-electron chi connectivity index (χ0n) is 9.31. The van der Waals surface area contributed by atoms with Crippen molar-refractivity contribution < 1.29 is 10.0 Å². The van der Waals surface area contributed by atoms with Crippen LogP contribution in [0.2, 0.25) is 0 Å². The lowest BCUT2D eigenvalue weighted by molar-refractivity contribution is -0.132. The number of amidine groups is 1. The van der Waals surface area contributed by atoms with Crippen LogP contribution in [0, 0.1) is 11.8 Å². The molecule has 0 aromatic rings. The van der Waals surface area contributed by atoms with E-state index in [2.05, 4.69) is 12.1 Å². The molecule has 86 valence electrons. The number of amides is 1. The second-order valence-electron chi connectivity index (χ2n) is 4.08. The van der Waals surface area contributed by atoms with Gasteiger partial charge in [0.2, 0.25) is 5.91 Å². The van der Waals surface area contributed by atoms with E-state index in [1.807, 2.05) is 6.92 Å². The van der Waals surface area contributed by atoms with E-state index < -0.39 is 0 Å². The second-order valence-corrected chi connectivity index (χ2v) is 4.08. The third-order valence-electron chi connectivity index (χ3n) is 2.89. The zero-order chi connectivity index (χ0) is 11.4. The third kappa shape index (κ3) is 3.11. The van der Waals surface area contributed by atoms with Crippen molar-refractivity contribution in [2.45, 2.75) is 26.7 Å². The van der Waals surface area contributed by atoms with Gasteiger partial charge in [-0.3, -0.25) is 4.79 Å². The monoisotopic (exact) mass is 213 g/mol. The van der Waals surface area contributed by atoms with E-state index in [0.717, 1.165) is 6.42 Å². The van der Waals surface area contributed by atoms with Crippen molar-refractivity contribution in [1.29, 1.82) is 0 Å². The van der Waals surface area contributed by atoms with E-state index in [1.165, 1.54) is 0 Å². The van der Waals surface area contributed by atoms with Gasteiger partial charge in [0, 0.05) is 25.4 Å². The summed E-state index contributed by atoms with van der Waals surface area (Å²) >= 11 is 0. The van der Waals surface area contributed by atoms with Crippen LogP contribution in [-0.2, 0) is 4.79 Å². The minimum atomic E-state index is 0.171. The second kappa shape index (κ2) is 5.00. The molecule has 1 aliphatic carbocycles. The molecule has 0 radical (unpaired) electrons. The van der Waals surface area contributed by atoms with Crippen LogP contribution in [0.25, 0.3) is 0 Å². The van der Waals surface area contributed by atoms with E-state index in [4.69, 9.17) is 10.9 Å². The summed E-state index contributed by atoms with van der Waals surface area (Å²) in [4.78, 5) is 13.6. The molecule has 5 heteroatoms. The number of nitrogens with two attached hydrogens (primary N) is 1. The van der Waals surface area contributed by atoms with Crippen LogP contribution < -0.4 is 5.73 Å². The molecule has 0 saturated heterocycles. The Morgan fingerprint density at radius 2 is 2.27 bits per heavy atom. The molecule has 1 rings (SSSR count). The number of carbonyl (C=O) groups is 1. The smallest absolute Gasteiger partial charge is 0.225 e. The van der Waals surface area contributed by atoms with Gasteiger partial charge in [0.05, 0.1) is 0 Å². The number of nitrogens with zero attached hydrogens (tertiary/aromatic N) is 2. The summed E-state index contributed by atoms with van der Waals surface area (Å²) in [5.74, 6) is 1.11. The zero-order valence-corrected chi connectivity index (χ0v) is 9.31. The van der Waals surface area contributed by atoms with Gasteiger partial charge in [-0.2, -0.15) is 0 Å². The highest BCUT2D eigenvalue weighted by molar-refractivity contribution is 5.83. The van der Waals surface area contributed by atoms with Crippen molar-refractivity contribution >= 4 is 11.7 Å². The van der Waals surface area contributed by atoms with Gasteiger partial charge < -0.3 is 15.8 Å². The van der Waals surface area contributed by atoms with Crippen molar-refractivity contribution in [3.8, 4) is 0 Å². The lowest BCUT2D eigenvalue weighted by atomic mass is 10.2. The van der Waals surface area contributed by atoms with Crippen LogP contribution >= 0.6 is 0 Å². The topological polar surface area (TPSA) is 78.9 Å². The molecule has 0 aliphatic heterocycles. The summed E-state index contributed by atoms with van der Waals surface area (Å²) in [5, 5.41) is 11.3. The van der Waals surface area contributed by atoms with Gasteiger partial charge >= 0.3 is 0 Å². The molecule has 1 saturated carbocycles. The van der Waals surface area contributed by atoms with E-state index in [9.17, 15) is 4.79 Å². The van der Waals surface area contributed by atoms with Crippen LogP contribution in [0.4, 0.5) is 0 Å². The number of hydrogen-bond acceptors (Lipinski definition) is 3. The minimum Gasteiger partial charge on any atom is -0.409 e. The molecule has 0 aromatic carbocycles. The lowest BCUT2D eigenvalue weighted by Crippen LogP contribution is -2.35. The third-order valence-corrected chi connectivity index (χ3v) is 2.89. The quantitative estimate of drug-likeness (QED) is 0.304. The molecule has 3 N–H and O–H groups in total. The first-order valence-electron chi connectivity index (χ1n) is 5.35. The minimum absolute atomic E-state index is 0.171. The van der Waals surface area contributed by atoms with Crippen molar-refractivity contribution in [2.24, 2.45) is 22.7 Å². The number of oxime groups is 1. The van der Waals surface area contributed by atoms with Crippen LogP contribution in [0.1, 0.15) is 26.7 Å². The Bertz CT molecular complexity index is 265. The first-order valence-corrected chi connectivity index (χ1v) is 5.35. The van der Waals surface area contributed by atoms with E-state index in [0.29, 0.717) is 25.4 Å². The van der Waals surface area contributed by atoms with Crippen LogP contribution in [0.5, 0.6) is 0 Å². The molecule has 0 spiro atoms. The van der Waals surface area contributed by atoms with Gasteiger partial charge in [-0.25, -0.2) is 0 Å². The summed E-state index contributed by atoms with van der Waals surface area (Å²) < 4.78 is 0. The lowest BCUT2D eigenvalue weighted by Gasteiger charge is -2.20. The Kier molecular flexibility index (Phi) is 3.94. The van der Waals surface area contributed by atoms with Gasteiger partial charge in [0.15, 0.2) is 0 Å². The normalized spacial score (nSPS) is 25.1. The summed E-state index contributed by atoms with van der Waals surface area (Å²) in [6, 6.07) is 0. The van der Waals surface area contributed by atoms with Crippen LogP contribution in [0.15, 0.2) is 5.16 Å². The van der Waals surface area contributed by atoms with Crippen molar-refractivity contribution in [3.63, 3.8) is 0 Å².